The maximum atomic E-state index is 11.8. The van der Waals surface area contributed by atoms with Gasteiger partial charge in [-0.3, -0.25) is 9.69 Å². The Balaban J connectivity index is 2.16. The zero-order chi connectivity index (χ0) is 13.7. The van der Waals surface area contributed by atoms with Crippen molar-refractivity contribution in [1.29, 1.82) is 5.26 Å². The number of likely N-dealkylation sites (tertiary alicyclic amines) is 1. The van der Waals surface area contributed by atoms with Crippen molar-refractivity contribution in [3.05, 3.63) is 29.6 Å². The van der Waals surface area contributed by atoms with Gasteiger partial charge in [-0.2, -0.15) is 5.26 Å². The summed E-state index contributed by atoms with van der Waals surface area (Å²) in [7, 11) is 1.42. The molecule has 2 heterocycles. The largest absolute Gasteiger partial charge is 0.468 e. The number of carbonyl (C=O) groups is 1. The first kappa shape index (κ1) is 13.5. The highest BCUT2D eigenvalue weighted by atomic mass is 16.5. The van der Waals surface area contributed by atoms with Gasteiger partial charge in [-0.15, -0.1) is 0 Å². The summed E-state index contributed by atoms with van der Waals surface area (Å²) in [5.74, 6) is -0.193. The van der Waals surface area contributed by atoms with Gasteiger partial charge in [0.2, 0.25) is 0 Å². The van der Waals surface area contributed by atoms with Crippen molar-refractivity contribution in [2.45, 2.75) is 31.8 Å². The van der Waals surface area contributed by atoms with Crippen LogP contribution in [0, 0.1) is 11.3 Å². The molecule has 1 saturated heterocycles. The minimum Gasteiger partial charge on any atom is -0.468 e. The Morgan fingerprint density at radius 1 is 1.63 bits per heavy atom. The van der Waals surface area contributed by atoms with E-state index in [1.54, 1.807) is 6.20 Å². The molecule has 1 aromatic rings. The molecule has 2 rings (SSSR count). The van der Waals surface area contributed by atoms with E-state index in [0.717, 1.165) is 31.4 Å². The summed E-state index contributed by atoms with van der Waals surface area (Å²) in [6.45, 7) is 1.41. The predicted molar refractivity (Wildman–Crippen MR) is 69.0 cm³/mol. The average molecular weight is 259 g/mol. The van der Waals surface area contributed by atoms with Crippen molar-refractivity contribution in [2.75, 3.05) is 13.7 Å². The number of ether oxygens (including phenoxy) is 1. The molecule has 1 aliphatic rings. The smallest absolute Gasteiger partial charge is 0.323 e. The van der Waals surface area contributed by atoms with E-state index in [0.29, 0.717) is 12.2 Å². The number of aromatic nitrogens is 1. The summed E-state index contributed by atoms with van der Waals surface area (Å²) in [5.41, 5.74) is 1.29. The van der Waals surface area contributed by atoms with Crippen molar-refractivity contribution >= 4 is 5.97 Å². The third kappa shape index (κ3) is 3.09. The first-order valence-electron chi connectivity index (χ1n) is 6.42. The molecule has 1 aromatic heterocycles. The predicted octanol–water partition coefficient (Wildman–Crippen LogP) is 1.48. The monoisotopic (exact) mass is 259 g/mol. The van der Waals surface area contributed by atoms with Gasteiger partial charge in [-0.1, -0.05) is 12.5 Å². The molecule has 1 aliphatic heterocycles. The fraction of sp³-hybridized carbons (Fsp3) is 0.500. The van der Waals surface area contributed by atoms with Gasteiger partial charge < -0.3 is 4.74 Å². The Bertz CT molecular complexity index is 496. The van der Waals surface area contributed by atoms with Gasteiger partial charge in [-0.05, 0) is 25.5 Å². The second kappa shape index (κ2) is 6.30. The lowest BCUT2D eigenvalue weighted by atomic mass is 10.0. The van der Waals surface area contributed by atoms with Crippen molar-refractivity contribution in [3.63, 3.8) is 0 Å². The van der Waals surface area contributed by atoms with Crippen LogP contribution in [0.1, 0.15) is 30.5 Å². The number of hydrogen-bond acceptors (Lipinski definition) is 5. The van der Waals surface area contributed by atoms with Crippen LogP contribution in [-0.4, -0.2) is 35.5 Å². The standard InChI is InChI=1S/C14H17N3O2/c1-19-14(18)13-6-2-3-8-17(13)10-11-5-4-7-16-12(11)9-15/h4-5,7,13H,2-3,6,8,10H2,1H3/t13-/m1/s1. The fourth-order valence-electron chi connectivity index (χ4n) is 2.47. The SMILES string of the molecule is COC(=O)[C@H]1CCCCN1Cc1cccnc1C#N. The number of hydrogen-bond donors (Lipinski definition) is 0. The van der Waals surface area contributed by atoms with Crippen molar-refractivity contribution in [2.24, 2.45) is 0 Å². The highest BCUT2D eigenvalue weighted by Crippen LogP contribution is 2.21. The quantitative estimate of drug-likeness (QED) is 0.769. The highest BCUT2D eigenvalue weighted by molar-refractivity contribution is 5.75. The molecular formula is C14H17N3O2. The topological polar surface area (TPSA) is 66.2 Å². The fourth-order valence-corrected chi connectivity index (χ4v) is 2.47. The van der Waals surface area contributed by atoms with E-state index in [-0.39, 0.29) is 12.0 Å². The molecule has 5 heteroatoms. The number of carbonyl (C=O) groups excluding carboxylic acids is 1. The number of methoxy groups -OCH3 is 1. The van der Waals surface area contributed by atoms with Crippen LogP contribution in [0.4, 0.5) is 0 Å². The van der Waals surface area contributed by atoms with E-state index in [1.807, 2.05) is 12.1 Å². The van der Waals surface area contributed by atoms with Crippen molar-refractivity contribution in [3.8, 4) is 6.07 Å². The molecule has 0 bridgehead atoms. The minimum absolute atomic E-state index is 0.193. The van der Waals surface area contributed by atoms with Gasteiger partial charge in [0.15, 0.2) is 0 Å². The Hall–Kier alpha value is -1.93. The minimum atomic E-state index is -0.203. The van der Waals surface area contributed by atoms with Gasteiger partial charge in [-0.25, -0.2) is 4.98 Å². The normalized spacial score (nSPS) is 19.7. The summed E-state index contributed by atoms with van der Waals surface area (Å²) in [6.07, 6.45) is 4.52. The Morgan fingerprint density at radius 2 is 2.47 bits per heavy atom. The van der Waals surface area contributed by atoms with Gasteiger partial charge in [0, 0.05) is 18.3 Å². The van der Waals surface area contributed by atoms with Crippen molar-refractivity contribution in [1.82, 2.24) is 9.88 Å². The van der Waals surface area contributed by atoms with Crippen LogP contribution in [-0.2, 0) is 16.1 Å². The second-order valence-electron chi connectivity index (χ2n) is 4.63. The third-order valence-corrected chi connectivity index (χ3v) is 3.46. The maximum absolute atomic E-state index is 11.8. The van der Waals surface area contributed by atoms with Gasteiger partial charge in [0.25, 0.3) is 0 Å². The molecule has 0 aromatic carbocycles. The summed E-state index contributed by atoms with van der Waals surface area (Å²) >= 11 is 0. The van der Waals surface area contributed by atoms with Crippen LogP contribution < -0.4 is 0 Å². The molecule has 1 fully saturated rings. The third-order valence-electron chi connectivity index (χ3n) is 3.46. The summed E-state index contributed by atoms with van der Waals surface area (Å²) in [5, 5.41) is 9.05. The van der Waals surface area contributed by atoms with E-state index >= 15 is 0 Å². The lowest BCUT2D eigenvalue weighted by Crippen LogP contribution is -2.44. The zero-order valence-corrected chi connectivity index (χ0v) is 11.0. The van der Waals surface area contributed by atoms with E-state index in [9.17, 15) is 4.79 Å². The number of piperidine rings is 1. The lowest BCUT2D eigenvalue weighted by Gasteiger charge is -2.33. The molecule has 0 unspecified atom stereocenters. The number of pyridine rings is 1. The molecule has 19 heavy (non-hydrogen) atoms. The molecule has 100 valence electrons. The highest BCUT2D eigenvalue weighted by Gasteiger charge is 2.29. The van der Waals surface area contributed by atoms with Gasteiger partial charge in [0.05, 0.1) is 7.11 Å². The average Bonchev–Trinajstić information content (AvgIpc) is 2.47. The van der Waals surface area contributed by atoms with E-state index in [1.165, 1.54) is 7.11 Å². The summed E-state index contributed by atoms with van der Waals surface area (Å²) < 4.78 is 4.85. The van der Waals surface area contributed by atoms with E-state index in [4.69, 9.17) is 10.00 Å². The Kier molecular flexibility index (Phi) is 4.48. The Labute approximate surface area is 112 Å². The van der Waals surface area contributed by atoms with Crippen LogP contribution in [0.2, 0.25) is 0 Å². The molecule has 0 radical (unpaired) electrons. The molecule has 0 amide bonds. The molecular weight excluding hydrogens is 242 g/mol. The summed E-state index contributed by atoms with van der Waals surface area (Å²) in [4.78, 5) is 17.9. The number of esters is 1. The number of nitrogens with zero attached hydrogens (tertiary/aromatic N) is 3. The molecule has 0 aliphatic carbocycles. The van der Waals surface area contributed by atoms with Crippen LogP contribution in [0.15, 0.2) is 18.3 Å². The van der Waals surface area contributed by atoms with Crippen LogP contribution >= 0.6 is 0 Å². The van der Waals surface area contributed by atoms with Gasteiger partial charge in [0.1, 0.15) is 17.8 Å². The molecule has 0 saturated carbocycles. The number of rotatable bonds is 3. The zero-order valence-electron chi connectivity index (χ0n) is 11.0. The number of nitriles is 1. The van der Waals surface area contributed by atoms with Crippen LogP contribution in [0.5, 0.6) is 0 Å². The first-order chi connectivity index (χ1) is 9.26. The molecule has 0 N–H and O–H groups in total. The lowest BCUT2D eigenvalue weighted by molar-refractivity contribution is -0.148. The van der Waals surface area contributed by atoms with E-state index < -0.39 is 0 Å². The molecule has 5 nitrogen and oxygen atoms in total. The summed E-state index contributed by atoms with van der Waals surface area (Å²) in [6, 6.07) is 5.58. The molecule has 0 spiro atoms. The second-order valence-corrected chi connectivity index (χ2v) is 4.63. The van der Waals surface area contributed by atoms with Crippen molar-refractivity contribution < 1.29 is 9.53 Å². The molecule has 1 atom stereocenters. The van der Waals surface area contributed by atoms with Crippen LogP contribution in [0.3, 0.4) is 0 Å². The van der Waals surface area contributed by atoms with Gasteiger partial charge >= 0.3 is 5.97 Å². The Morgan fingerprint density at radius 3 is 3.21 bits per heavy atom. The maximum Gasteiger partial charge on any atom is 0.323 e. The van der Waals surface area contributed by atoms with Crippen LogP contribution in [0.25, 0.3) is 0 Å². The van der Waals surface area contributed by atoms with E-state index in [2.05, 4.69) is 16.0 Å². The first-order valence-corrected chi connectivity index (χ1v) is 6.42.